The third kappa shape index (κ3) is 3.00. The minimum atomic E-state index is 0.173. The molecular formula is C10H6Br2OS2. The fourth-order valence-corrected chi connectivity index (χ4v) is 3.81. The molecule has 0 radical (unpaired) electrons. The van der Waals surface area contributed by atoms with Crippen LogP contribution < -0.4 is 0 Å². The molecule has 0 saturated heterocycles. The Hall–Kier alpha value is 0.0300. The van der Waals surface area contributed by atoms with E-state index in [9.17, 15) is 4.79 Å². The van der Waals surface area contributed by atoms with E-state index in [4.69, 9.17) is 0 Å². The number of hydrogen-bond acceptors (Lipinski definition) is 3. The van der Waals surface area contributed by atoms with Gasteiger partial charge in [0.2, 0.25) is 0 Å². The van der Waals surface area contributed by atoms with Gasteiger partial charge in [-0.3, -0.25) is 4.79 Å². The van der Waals surface area contributed by atoms with Crippen molar-refractivity contribution < 1.29 is 4.79 Å². The van der Waals surface area contributed by atoms with E-state index in [-0.39, 0.29) is 5.78 Å². The molecule has 2 heterocycles. The van der Waals surface area contributed by atoms with Crippen molar-refractivity contribution in [1.29, 1.82) is 0 Å². The normalized spacial score (nSPS) is 10.5. The molecule has 0 saturated carbocycles. The second kappa shape index (κ2) is 4.91. The molecule has 0 fully saturated rings. The largest absolute Gasteiger partial charge is 0.294 e. The highest BCUT2D eigenvalue weighted by atomic mass is 79.9. The van der Waals surface area contributed by atoms with Crippen molar-refractivity contribution in [3.63, 3.8) is 0 Å². The van der Waals surface area contributed by atoms with Crippen molar-refractivity contribution >= 4 is 60.3 Å². The van der Waals surface area contributed by atoms with Gasteiger partial charge in [0.05, 0.1) is 7.57 Å². The number of rotatable bonds is 3. The average Bonchev–Trinajstić information content (AvgIpc) is 2.75. The van der Waals surface area contributed by atoms with Crippen molar-refractivity contribution in [3.05, 3.63) is 41.6 Å². The second-order valence-corrected chi connectivity index (χ2v) is 7.78. The fourth-order valence-electron chi connectivity index (χ4n) is 1.16. The third-order valence-electron chi connectivity index (χ3n) is 1.85. The molecule has 0 atom stereocenters. The molecule has 0 bridgehead atoms. The van der Waals surface area contributed by atoms with E-state index in [0.29, 0.717) is 6.42 Å². The highest BCUT2D eigenvalue weighted by molar-refractivity contribution is 9.11. The summed E-state index contributed by atoms with van der Waals surface area (Å²) in [5, 5.41) is 1.88. The molecule has 5 heteroatoms. The molecule has 15 heavy (non-hydrogen) atoms. The predicted molar refractivity (Wildman–Crippen MR) is 72.1 cm³/mol. The summed E-state index contributed by atoms with van der Waals surface area (Å²) in [4.78, 5) is 12.9. The van der Waals surface area contributed by atoms with E-state index in [1.54, 1.807) is 11.3 Å². The molecule has 0 aliphatic heterocycles. The number of carbonyl (C=O) groups excluding carboxylic acids is 1. The molecule has 0 unspecified atom stereocenters. The van der Waals surface area contributed by atoms with Crippen LogP contribution in [0.4, 0.5) is 0 Å². The molecule has 0 aliphatic carbocycles. The second-order valence-electron chi connectivity index (χ2n) is 2.95. The Labute approximate surface area is 112 Å². The lowest BCUT2D eigenvalue weighted by atomic mass is 10.1. The van der Waals surface area contributed by atoms with Crippen molar-refractivity contribution in [3.8, 4) is 0 Å². The van der Waals surface area contributed by atoms with Crippen LogP contribution in [0.3, 0.4) is 0 Å². The van der Waals surface area contributed by atoms with Gasteiger partial charge in [0.1, 0.15) is 0 Å². The van der Waals surface area contributed by atoms with Gasteiger partial charge in [-0.1, -0.05) is 0 Å². The maximum absolute atomic E-state index is 11.8. The van der Waals surface area contributed by atoms with Gasteiger partial charge in [0.25, 0.3) is 0 Å². The van der Waals surface area contributed by atoms with E-state index in [1.807, 2.05) is 23.6 Å². The molecule has 0 aliphatic rings. The van der Waals surface area contributed by atoms with Crippen molar-refractivity contribution in [2.45, 2.75) is 6.42 Å². The van der Waals surface area contributed by atoms with E-state index < -0.39 is 0 Å². The number of Topliss-reactive ketones (excluding diaryl/α,β-unsaturated/α-hetero) is 1. The Kier molecular flexibility index (Phi) is 3.77. The first-order valence-electron chi connectivity index (χ1n) is 4.16. The molecule has 2 rings (SSSR count). The van der Waals surface area contributed by atoms with Gasteiger partial charge in [-0.15, -0.1) is 22.7 Å². The Morgan fingerprint density at radius 3 is 2.60 bits per heavy atom. The summed E-state index contributed by atoms with van der Waals surface area (Å²) >= 11 is 9.88. The zero-order valence-corrected chi connectivity index (χ0v) is 12.3. The molecule has 2 aromatic heterocycles. The highest BCUT2D eigenvalue weighted by Gasteiger charge is 2.10. The number of halogens is 2. The van der Waals surface area contributed by atoms with Crippen molar-refractivity contribution in [1.82, 2.24) is 0 Å². The summed E-state index contributed by atoms with van der Waals surface area (Å²) < 4.78 is 2.06. The predicted octanol–water partition coefficient (Wildman–Crippen LogP) is 4.76. The topological polar surface area (TPSA) is 17.1 Å². The van der Waals surface area contributed by atoms with Crippen molar-refractivity contribution in [2.75, 3.05) is 0 Å². The summed E-state index contributed by atoms with van der Waals surface area (Å²) in [7, 11) is 0. The SMILES string of the molecule is O=C(Cc1ccc(Br)s1)c1csc(Br)c1. The maximum atomic E-state index is 11.8. The summed E-state index contributed by atoms with van der Waals surface area (Å²) in [6, 6.07) is 5.82. The highest BCUT2D eigenvalue weighted by Crippen LogP contribution is 2.25. The minimum Gasteiger partial charge on any atom is -0.294 e. The smallest absolute Gasteiger partial charge is 0.168 e. The summed E-state index contributed by atoms with van der Waals surface area (Å²) in [5.41, 5.74) is 0.788. The Morgan fingerprint density at radius 2 is 2.07 bits per heavy atom. The van der Waals surface area contributed by atoms with Crippen LogP contribution in [0.1, 0.15) is 15.2 Å². The molecule has 78 valence electrons. The van der Waals surface area contributed by atoms with Gasteiger partial charge in [-0.2, -0.15) is 0 Å². The van der Waals surface area contributed by atoms with Crippen LogP contribution in [-0.2, 0) is 6.42 Å². The maximum Gasteiger partial charge on any atom is 0.168 e. The fraction of sp³-hybridized carbons (Fsp3) is 0.100. The van der Waals surface area contributed by atoms with Crippen LogP contribution in [0.2, 0.25) is 0 Å². The monoisotopic (exact) mass is 364 g/mol. The lowest BCUT2D eigenvalue weighted by Crippen LogP contribution is -1.99. The number of hydrogen-bond donors (Lipinski definition) is 0. The minimum absolute atomic E-state index is 0.173. The van der Waals surface area contributed by atoms with E-state index in [0.717, 1.165) is 18.0 Å². The zero-order valence-electron chi connectivity index (χ0n) is 7.50. The summed E-state index contributed by atoms with van der Waals surface area (Å²) in [6.45, 7) is 0. The number of ketones is 1. The molecule has 2 aromatic rings. The van der Waals surface area contributed by atoms with Crippen LogP contribution >= 0.6 is 54.5 Å². The Bertz CT molecular complexity index is 487. The number of thiophene rings is 2. The van der Waals surface area contributed by atoms with Crippen LogP contribution in [0, 0.1) is 0 Å². The van der Waals surface area contributed by atoms with Gasteiger partial charge in [0.15, 0.2) is 5.78 Å². The van der Waals surface area contributed by atoms with Gasteiger partial charge >= 0.3 is 0 Å². The van der Waals surface area contributed by atoms with E-state index in [1.165, 1.54) is 11.3 Å². The van der Waals surface area contributed by atoms with Crippen molar-refractivity contribution in [2.24, 2.45) is 0 Å². The standard InChI is InChI=1S/C10H6Br2OS2/c11-9-2-1-7(15-9)4-8(13)6-3-10(12)14-5-6/h1-3,5H,4H2. The molecule has 0 amide bonds. The van der Waals surface area contributed by atoms with E-state index in [2.05, 4.69) is 31.9 Å². The average molecular weight is 366 g/mol. The molecular weight excluding hydrogens is 360 g/mol. The van der Waals surface area contributed by atoms with Crippen LogP contribution in [0.5, 0.6) is 0 Å². The molecule has 1 nitrogen and oxygen atoms in total. The first kappa shape index (κ1) is 11.5. The Balaban J connectivity index is 2.10. The van der Waals surface area contributed by atoms with Crippen LogP contribution in [0.25, 0.3) is 0 Å². The first-order chi connectivity index (χ1) is 7.15. The first-order valence-corrected chi connectivity index (χ1v) is 7.45. The number of carbonyl (C=O) groups is 1. The lowest BCUT2D eigenvalue weighted by Gasteiger charge is -1.93. The van der Waals surface area contributed by atoms with Crippen LogP contribution in [0.15, 0.2) is 31.2 Å². The molecule has 0 aromatic carbocycles. The zero-order chi connectivity index (χ0) is 10.8. The van der Waals surface area contributed by atoms with Gasteiger partial charge in [0, 0.05) is 22.2 Å². The molecule has 0 spiro atoms. The molecule has 0 N–H and O–H groups in total. The summed E-state index contributed by atoms with van der Waals surface area (Å²) in [6.07, 6.45) is 0.486. The Morgan fingerprint density at radius 1 is 1.27 bits per heavy atom. The lowest BCUT2D eigenvalue weighted by molar-refractivity contribution is 0.0994. The van der Waals surface area contributed by atoms with Crippen LogP contribution in [-0.4, -0.2) is 5.78 Å². The van der Waals surface area contributed by atoms with E-state index >= 15 is 0 Å². The quantitative estimate of drug-likeness (QED) is 0.716. The summed E-state index contributed by atoms with van der Waals surface area (Å²) in [5.74, 6) is 0.173. The van der Waals surface area contributed by atoms with Gasteiger partial charge in [-0.25, -0.2) is 0 Å². The third-order valence-corrected chi connectivity index (χ3v) is 4.98. The van der Waals surface area contributed by atoms with Gasteiger partial charge < -0.3 is 0 Å². The van der Waals surface area contributed by atoms with Gasteiger partial charge in [-0.05, 0) is 50.1 Å².